The molecule has 0 atom stereocenters. The van der Waals surface area contributed by atoms with Crippen LogP contribution in [0.5, 0.6) is 0 Å². The van der Waals surface area contributed by atoms with E-state index < -0.39 is 6.03 Å². The number of amides is 3. The molecular formula is C12H15N3O2. The number of nitrogens with zero attached hydrogens (tertiary/aromatic N) is 1. The van der Waals surface area contributed by atoms with Crippen LogP contribution in [0.1, 0.15) is 17.5 Å². The SMILES string of the molecule is Cc1cccc(C)c1NC(=O)N1NCCC1=O. The number of urea groups is 1. The number of para-hydroxylation sites is 1. The molecule has 1 aliphatic rings. The third kappa shape index (κ3) is 2.29. The standard InChI is InChI=1S/C12H15N3O2/c1-8-4-3-5-9(2)11(8)14-12(17)15-10(16)6-7-13-15/h3-5,13H,6-7H2,1-2H3,(H,14,17). The fraction of sp³-hybridized carbons (Fsp3) is 0.333. The Labute approximate surface area is 99.8 Å². The Balaban J connectivity index is 2.16. The second-order valence-corrected chi connectivity index (χ2v) is 4.08. The lowest BCUT2D eigenvalue weighted by Crippen LogP contribution is -2.42. The van der Waals surface area contributed by atoms with Gasteiger partial charge in [0.15, 0.2) is 0 Å². The Bertz CT molecular complexity index is 451. The summed E-state index contributed by atoms with van der Waals surface area (Å²) in [5, 5.41) is 3.79. The smallest absolute Gasteiger partial charge is 0.306 e. The van der Waals surface area contributed by atoms with Gasteiger partial charge in [0.1, 0.15) is 0 Å². The van der Waals surface area contributed by atoms with Crippen LogP contribution in [0.3, 0.4) is 0 Å². The lowest BCUT2D eigenvalue weighted by molar-refractivity contribution is -0.126. The number of aryl methyl sites for hydroxylation is 2. The Morgan fingerprint density at radius 3 is 2.53 bits per heavy atom. The Morgan fingerprint density at radius 2 is 2.00 bits per heavy atom. The van der Waals surface area contributed by atoms with Gasteiger partial charge in [0.2, 0.25) is 5.91 Å². The van der Waals surface area contributed by atoms with E-state index in [1.54, 1.807) is 0 Å². The minimum Gasteiger partial charge on any atom is -0.306 e. The molecule has 2 N–H and O–H groups in total. The number of imide groups is 1. The third-order valence-corrected chi connectivity index (χ3v) is 2.77. The van der Waals surface area contributed by atoms with Crippen LogP contribution < -0.4 is 10.7 Å². The highest BCUT2D eigenvalue weighted by molar-refractivity contribution is 6.02. The van der Waals surface area contributed by atoms with Crippen molar-refractivity contribution < 1.29 is 9.59 Å². The van der Waals surface area contributed by atoms with Crippen molar-refractivity contribution in [1.82, 2.24) is 10.4 Å². The number of anilines is 1. The molecule has 1 saturated heterocycles. The van der Waals surface area contributed by atoms with Crippen LogP contribution in [0.15, 0.2) is 18.2 Å². The predicted octanol–water partition coefficient (Wildman–Crippen LogP) is 1.57. The molecule has 5 heteroatoms. The van der Waals surface area contributed by atoms with Crippen LogP contribution in [0.2, 0.25) is 0 Å². The van der Waals surface area contributed by atoms with Gasteiger partial charge in [-0.3, -0.25) is 4.79 Å². The van der Waals surface area contributed by atoms with Gasteiger partial charge in [-0.1, -0.05) is 18.2 Å². The fourth-order valence-corrected chi connectivity index (χ4v) is 1.83. The zero-order valence-electron chi connectivity index (χ0n) is 9.91. The summed E-state index contributed by atoms with van der Waals surface area (Å²) in [6.45, 7) is 4.35. The van der Waals surface area contributed by atoms with E-state index in [4.69, 9.17) is 0 Å². The summed E-state index contributed by atoms with van der Waals surface area (Å²) in [4.78, 5) is 23.2. The van der Waals surface area contributed by atoms with Gasteiger partial charge in [0.05, 0.1) is 0 Å². The molecule has 1 aliphatic heterocycles. The number of benzene rings is 1. The first-order chi connectivity index (χ1) is 8.09. The largest absolute Gasteiger partial charge is 0.343 e. The van der Waals surface area contributed by atoms with Gasteiger partial charge in [-0.25, -0.2) is 10.2 Å². The predicted molar refractivity (Wildman–Crippen MR) is 64.4 cm³/mol. The van der Waals surface area contributed by atoms with Crippen LogP contribution in [0.25, 0.3) is 0 Å². The summed E-state index contributed by atoms with van der Waals surface area (Å²) in [6.07, 6.45) is 0.361. The molecule has 0 saturated carbocycles. The molecule has 17 heavy (non-hydrogen) atoms. The van der Waals surface area contributed by atoms with Crippen molar-refractivity contribution >= 4 is 17.6 Å². The first-order valence-electron chi connectivity index (χ1n) is 5.53. The zero-order valence-corrected chi connectivity index (χ0v) is 9.91. The molecule has 2 rings (SSSR count). The maximum Gasteiger partial charge on any atom is 0.343 e. The van der Waals surface area contributed by atoms with Crippen LogP contribution in [0.4, 0.5) is 10.5 Å². The zero-order chi connectivity index (χ0) is 12.4. The summed E-state index contributed by atoms with van der Waals surface area (Å²) < 4.78 is 0. The maximum absolute atomic E-state index is 11.9. The molecule has 1 aromatic rings. The Hall–Kier alpha value is -1.88. The van der Waals surface area contributed by atoms with E-state index in [9.17, 15) is 9.59 Å². The van der Waals surface area contributed by atoms with Gasteiger partial charge in [-0.05, 0) is 25.0 Å². The Morgan fingerprint density at radius 1 is 1.35 bits per heavy atom. The molecule has 1 heterocycles. The van der Waals surface area contributed by atoms with Gasteiger partial charge in [-0.15, -0.1) is 0 Å². The van der Waals surface area contributed by atoms with E-state index in [0.29, 0.717) is 13.0 Å². The van der Waals surface area contributed by atoms with Crippen molar-refractivity contribution in [1.29, 1.82) is 0 Å². The van der Waals surface area contributed by atoms with Crippen LogP contribution in [-0.4, -0.2) is 23.5 Å². The van der Waals surface area contributed by atoms with Crippen molar-refractivity contribution in [2.24, 2.45) is 0 Å². The molecular weight excluding hydrogens is 218 g/mol. The molecule has 5 nitrogen and oxygen atoms in total. The average Bonchev–Trinajstić information content (AvgIpc) is 2.70. The second-order valence-electron chi connectivity index (χ2n) is 4.08. The number of carbonyl (C=O) groups excluding carboxylic acids is 2. The first kappa shape index (κ1) is 11.6. The highest BCUT2D eigenvalue weighted by Crippen LogP contribution is 2.20. The van der Waals surface area contributed by atoms with E-state index in [1.807, 2.05) is 32.0 Å². The first-order valence-corrected chi connectivity index (χ1v) is 5.53. The highest BCUT2D eigenvalue weighted by atomic mass is 16.2. The molecule has 0 radical (unpaired) electrons. The lowest BCUT2D eigenvalue weighted by Gasteiger charge is -2.17. The Kier molecular flexibility index (Phi) is 3.10. The highest BCUT2D eigenvalue weighted by Gasteiger charge is 2.26. The number of hydrogen-bond donors (Lipinski definition) is 2. The number of nitrogens with one attached hydrogen (secondary N) is 2. The summed E-state index contributed by atoms with van der Waals surface area (Å²) in [5.74, 6) is -0.200. The summed E-state index contributed by atoms with van der Waals surface area (Å²) in [5.41, 5.74) is 5.45. The number of rotatable bonds is 1. The molecule has 0 unspecified atom stereocenters. The van der Waals surface area contributed by atoms with Crippen LogP contribution in [-0.2, 0) is 4.79 Å². The lowest BCUT2D eigenvalue weighted by atomic mass is 10.1. The van der Waals surface area contributed by atoms with Crippen molar-refractivity contribution in [3.05, 3.63) is 29.3 Å². The fourth-order valence-electron chi connectivity index (χ4n) is 1.83. The van der Waals surface area contributed by atoms with Crippen molar-refractivity contribution in [2.45, 2.75) is 20.3 Å². The van der Waals surface area contributed by atoms with Gasteiger partial charge >= 0.3 is 6.03 Å². The molecule has 0 spiro atoms. The molecule has 3 amide bonds. The number of carbonyl (C=O) groups is 2. The topological polar surface area (TPSA) is 61.4 Å². The quantitative estimate of drug-likeness (QED) is 0.774. The van der Waals surface area contributed by atoms with Gasteiger partial charge in [-0.2, -0.15) is 5.01 Å². The minimum atomic E-state index is -0.426. The summed E-state index contributed by atoms with van der Waals surface area (Å²) in [7, 11) is 0. The van der Waals surface area contributed by atoms with E-state index in [-0.39, 0.29) is 5.91 Å². The molecule has 90 valence electrons. The molecule has 0 bridgehead atoms. The average molecular weight is 233 g/mol. The molecule has 0 aromatic heterocycles. The third-order valence-electron chi connectivity index (χ3n) is 2.77. The van der Waals surface area contributed by atoms with Gasteiger partial charge < -0.3 is 5.32 Å². The monoisotopic (exact) mass is 233 g/mol. The summed E-state index contributed by atoms with van der Waals surface area (Å²) in [6, 6.07) is 5.34. The van der Waals surface area contributed by atoms with Crippen LogP contribution >= 0.6 is 0 Å². The molecule has 1 aromatic carbocycles. The maximum atomic E-state index is 11.9. The van der Waals surface area contributed by atoms with Gasteiger partial charge in [0.25, 0.3) is 0 Å². The molecule has 1 fully saturated rings. The van der Waals surface area contributed by atoms with Crippen molar-refractivity contribution in [2.75, 3.05) is 11.9 Å². The molecule has 0 aliphatic carbocycles. The van der Waals surface area contributed by atoms with E-state index in [1.165, 1.54) is 0 Å². The number of hydrazine groups is 1. The number of hydrogen-bond acceptors (Lipinski definition) is 3. The van der Waals surface area contributed by atoms with Crippen LogP contribution in [0, 0.1) is 13.8 Å². The van der Waals surface area contributed by atoms with E-state index in [2.05, 4.69) is 10.7 Å². The summed E-state index contributed by atoms with van der Waals surface area (Å²) >= 11 is 0. The van der Waals surface area contributed by atoms with E-state index in [0.717, 1.165) is 21.8 Å². The van der Waals surface area contributed by atoms with E-state index >= 15 is 0 Å². The second kappa shape index (κ2) is 4.55. The van der Waals surface area contributed by atoms with Crippen molar-refractivity contribution in [3.63, 3.8) is 0 Å². The van der Waals surface area contributed by atoms with Crippen molar-refractivity contribution in [3.8, 4) is 0 Å². The minimum absolute atomic E-state index is 0.200. The normalized spacial score (nSPS) is 15.2. The van der Waals surface area contributed by atoms with Gasteiger partial charge in [0, 0.05) is 18.7 Å².